The number of anilines is 2. The molecule has 2 rings (SSSR count). The molecule has 3 N–H and O–H groups in total. The number of para-hydroxylation sites is 2. The quantitative estimate of drug-likeness (QED) is 0.400. The average molecular weight is 398 g/mol. The summed E-state index contributed by atoms with van der Waals surface area (Å²) in [6, 6.07) is 7.58. The molecule has 1 heterocycles. The van der Waals surface area contributed by atoms with Gasteiger partial charge in [-0.25, -0.2) is 4.98 Å². The number of thiocarbonyl (C=S) groups is 1. The van der Waals surface area contributed by atoms with Crippen LogP contribution in [0.15, 0.2) is 29.4 Å². The summed E-state index contributed by atoms with van der Waals surface area (Å²) in [6.07, 6.45) is 1.59. The Hall–Kier alpha value is -1.90. The minimum atomic E-state index is -0.131. The van der Waals surface area contributed by atoms with E-state index in [4.69, 9.17) is 28.6 Å². The van der Waals surface area contributed by atoms with Crippen molar-refractivity contribution in [1.29, 1.82) is 0 Å². The van der Waals surface area contributed by atoms with Gasteiger partial charge < -0.3 is 15.4 Å². The van der Waals surface area contributed by atoms with Crippen LogP contribution in [0, 0.1) is 0 Å². The predicted octanol–water partition coefficient (Wildman–Crippen LogP) is 4.15. The summed E-state index contributed by atoms with van der Waals surface area (Å²) in [4.78, 5) is 5.00. The molecule has 9 heteroatoms. The Morgan fingerprint density at radius 1 is 1.36 bits per heavy atom. The highest BCUT2D eigenvalue weighted by molar-refractivity contribution is 7.80. The van der Waals surface area contributed by atoms with Crippen LogP contribution in [-0.2, 0) is 0 Å². The molecule has 0 aliphatic rings. The number of nitrogens with zero attached hydrogens (tertiary/aromatic N) is 2. The number of halogens is 1. The molecule has 0 bridgehead atoms. The molecule has 134 valence electrons. The summed E-state index contributed by atoms with van der Waals surface area (Å²) in [7, 11) is 1.62. The van der Waals surface area contributed by atoms with E-state index < -0.39 is 0 Å². The Kier molecular flexibility index (Phi) is 6.57. The van der Waals surface area contributed by atoms with Gasteiger partial charge in [0.05, 0.1) is 23.9 Å². The monoisotopic (exact) mass is 397 g/mol. The fourth-order valence-corrected chi connectivity index (χ4v) is 3.23. The van der Waals surface area contributed by atoms with Gasteiger partial charge in [-0.1, -0.05) is 35.1 Å². The van der Waals surface area contributed by atoms with Crippen molar-refractivity contribution in [2.45, 2.75) is 26.3 Å². The van der Waals surface area contributed by atoms with E-state index in [0.717, 1.165) is 11.4 Å². The lowest BCUT2D eigenvalue weighted by Crippen LogP contribution is -2.44. The van der Waals surface area contributed by atoms with Gasteiger partial charge in [-0.3, -0.25) is 5.43 Å². The van der Waals surface area contributed by atoms with Crippen LogP contribution in [0.5, 0.6) is 5.75 Å². The minimum absolute atomic E-state index is 0.131. The summed E-state index contributed by atoms with van der Waals surface area (Å²) in [6.45, 7) is 6.04. The molecule has 1 aromatic heterocycles. The second-order valence-electron chi connectivity index (χ2n) is 6.07. The number of rotatable bonds is 5. The first-order valence-corrected chi connectivity index (χ1v) is 9.06. The van der Waals surface area contributed by atoms with Gasteiger partial charge in [-0.2, -0.15) is 5.10 Å². The van der Waals surface area contributed by atoms with Crippen LogP contribution < -0.4 is 20.8 Å². The largest absolute Gasteiger partial charge is 0.495 e. The van der Waals surface area contributed by atoms with E-state index in [-0.39, 0.29) is 5.54 Å². The van der Waals surface area contributed by atoms with Crippen LogP contribution in [0.3, 0.4) is 0 Å². The lowest BCUT2D eigenvalue weighted by Gasteiger charge is -2.21. The van der Waals surface area contributed by atoms with Crippen molar-refractivity contribution in [3.05, 3.63) is 34.3 Å². The first kappa shape index (κ1) is 19.4. The molecule has 0 fully saturated rings. The van der Waals surface area contributed by atoms with Gasteiger partial charge in [-0.05, 0) is 45.1 Å². The van der Waals surface area contributed by atoms with Crippen molar-refractivity contribution in [2.75, 3.05) is 12.4 Å². The van der Waals surface area contributed by atoms with Crippen molar-refractivity contribution < 1.29 is 4.74 Å². The number of hydrogen-bond donors (Lipinski definition) is 3. The molecule has 25 heavy (non-hydrogen) atoms. The summed E-state index contributed by atoms with van der Waals surface area (Å²) in [5, 5.41) is 11.8. The van der Waals surface area contributed by atoms with Gasteiger partial charge in [-0.15, -0.1) is 0 Å². The third-order valence-electron chi connectivity index (χ3n) is 2.79. The van der Waals surface area contributed by atoms with Crippen molar-refractivity contribution in [1.82, 2.24) is 15.7 Å². The highest BCUT2D eigenvalue weighted by Crippen LogP contribution is 2.31. The number of methoxy groups -OCH3 is 1. The van der Waals surface area contributed by atoms with Gasteiger partial charge in [0, 0.05) is 5.54 Å². The number of ether oxygens (including phenoxy) is 1. The smallest absolute Gasteiger partial charge is 0.189 e. The fraction of sp³-hybridized carbons (Fsp3) is 0.312. The second kappa shape index (κ2) is 8.46. The first-order valence-electron chi connectivity index (χ1n) is 7.46. The van der Waals surface area contributed by atoms with E-state index in [2.05, 4.69) is 26.1 Å². The molecule has 0 atom stereocenters. The Morgan fingerprint density at radius 2 is 2.08 bits per heavy atom. The van der Waals surface area contributed by atoms with E-state index in [1.807, 2.05) is 45.0 Å². The van der Waals surface area contributed by atoms with E-state index in [9.17, 15) is 0 Å². The summed E-state index contributed by atoms with van der Waals surface area (Å²) in [5.74, 6) is 0.726. The molecule has 2 aromatic rings. The predicted molar refractivity (Wildman–Crippen MR) is 110 cm³/mol. The summed E-state index contributed by atoms with van der Waals surface area (Å²) < 4.78 is 5.31. The van der Waals surface area contributed by atoms with Crippen molar-refractivity contribution >= 4 is 57.3 Å². The Balaban J connectivity index is 2.02. The second-order valence-corrected chi connectivity index (χ2v) is 7.87. The van der Waals surface area contributed by atoms with Crippen molar-refractivity contribution in [2.24, 2.45) is 5.10 Å². The molecular formula is C16H20ClN5OS2. The molecule has 0 saturated heterocycles. The topological polar surface area (TPSA) is 70.6 Å². The molecule has 6 nitrogen and oxygen atoms in total. The molecule has 0 aliphatic carbocycles. The zero-order valence-electron chi connectivity index (χ0n) is 14.4. The van der Waals surface area contributed by atoms with Crippen LogP contribution in [0.2, 0.25) is 5.15 Å². The lowest BCUT2D eigenvalue weighted by atomic mass is 10.1. The number of nitrogens with one attached hydrogen (secondary N) is 3. The van der Waals surface area contributed by atoms with E-state index in [1.165, 1.54) is 11.3 Å². The van der Waals surface area contributed by atoms with Crippen LogP contribution in [0.4, 0.5) is 10.8 Å². The molecule has 0 aliphatic heterocycles. The maximum Gasteiger partial charge on any atom is 0.189 e. The Labute approximate surface area is 161 Å². The van der Waals surface area contributed by atoms with E-state index >= 15 is 0 Å². The van der Waals surface area contributed by atoms with Crippen LogP contribution in [-0.4, -0.2) is 29.0 Å². The minimum Gasteiger partial charge on any atom is -0.495 e. The van der Waals surface area contributed by atoms with Crippen LogP contribution >= 0.6 is 35.2 Å². The zero-order valence-corrected chi connectivity index (χ0v) is 16.8. The summed E-state index contributed by atoms with van der Waals surface area (Å²) >= 11 is 12.7. The Bertz CT molecular complexity index is 770. The third kappa shape index (κ3) is 6.15. The highest BCUT2D eigenvalue weighted by Gasteiger charge is 2.11. The zero-order chi connectivity index (χ0) is 18.4. The standard InChI is InChI=1S/C16H20ClN5OS2/c1-16(2,3)21-14(24)22-18-9-12-13(17)20-15(25-12)19-10-7-5-6-8-11(10)23-4/h5-9H,1-4H3,(H,19,20)(H2,21,22,24)/b18-9+. The molecular weight excluding hydrogens is 378 g/mol. The number of benzene rings is 1. The maximum atomic E-state index is 6.17. The molecule has 0 spiro atoms. The van der Waals surface area contributed by atoms with Crippen molar-refractivity contribution in [3.63, 3.8) is 0 Å². The van der Waals surface area contributed by atoms with Crippen LogP contribution in [0.25, 0.3) is 0 Å². The highest BCUT2D eigenvalue weighted by atomic mass is 35.5. The molecule has 0 saturated carbocycles. The van der Waals surface area contributed by atoms with Gasteiger partial charge >= 0.3 is 0 Å². The van der Waals surface area contributed by atoms with Gasteiger partial charge in [0.15, 0.2) is 15.4 Å². The number of hydrazone groups is 1. The van der Waals surface area contributed by atoms with Crippen LogP contribution in [0.1, 0.15) is 25.6 Å². The van der Waals surface area contributed by atoms with Crippen molar-refractivity contribution in [3.8, 4) is 5.75 Å². The number of thiazole rings is 1. The van der Waals surface area contributed by atoms with Gasteiger partial charge in [0.25, 0.3) is 0 Å². The number of aromatic nitrogens is 1. The Morgan fingerprint density at radius 3 is 2.76 bits per heavy atom. The first-order chi connectivity index (χ1) is 11.8. The molecule has 0 radical (unpaired) electrons. The molecule has 0 unspecified atom stereocenters. The molecule has 0 amide bonds. The average Bonchev–Trinajstić information content (AvgIpc) is 2.86. The van der Waals surface area contributed by atoms with E-state index in [1.54, 1.807) is 13.3 Å². The number of hydrogen-bond acceptors (Lipinski definition) is 6. The van der Waals surface area contributed by atoms with Gasteiger partial charge in [0.1, 0.15) is 5.75 Å². The van der Waals surface area contributed by atoms with Gasteiger partial charge in [0.2, 0.25) is 0 Å². The normalized spacial score (nSPS) is 11.4. The van der Waals surface area contributed by atoms with E-state index in [0.29, 0.717) is 20.3 Å². The summed E-state index contributed by atoms with van der Waals surface area (Å²) in [5.41, 5.74) is 3.44. The fourth-order valence-electron chi connectivity index (χ4n) is 1.83. The lowest BCUT2D eigenvalue weighted by molar-refractivity contribution is 0.417. The molecule has 1 aromatic carbocycles. The maximum absolute atomic E-state index is 6.17. The SMILES string of the molecule is COc1ccccc1Nc1nc(Cl)c(/C=N/NC(=S)NC(C)(C)C)s1. The third-order valence-corrected chi connectivity index (χ3v) is 4.29.